The molecule has 1 amide bonds. The third kappa shape index (κ3) is 6.96. The summed E-state index contributed by atoms with van der Waals surface area (Å²) >= 11 is 0. The van der Waals surface area contributed by atoms with E-state index in [0.29, 0.717) is 5.56 Å². The molecule has 1 heterocycles. The number of ether oxygens (including phenoxy) is 2. The Morgan fingerprint density at radius 2 is 1.62 bits per heavy atom. The first kappa shape index (κ1) is 26.0. The van der Waals surface area contributed by atoms with Crippen molar-refractivity contribution in [2.45, 2.75) is 50.2 Å². The number of amides is 1. The van der Waals surface area contributed by atoms with Crippen LogP contribution in [0.1, 0.15) is 31.9 Å². The van der Waals surface area contributed by atoms with Gasteiger partial charge >= 0.3 is 12.3 Å². The number of hydrogen-bond donors (Lipinski definition) is 0. The van der Waals surface area contributed by atoms with E-state index in [-0.39, 0.29) is 30.3 Å². The van der Waals surface area contributed by atoms with Crippen molar-refractivity contribution >= 4 is 15.9 Å². The van der Waals surface area contributed by atoms with Gasteiger partial charge in [0, 0.05) is 12.5 Å². The Labute approximate surface area is 197 Å². The van der Waals surface area contributed by atoms with Gasteiger partial charge in [0.1, 0.15) is 5.60 Å². The van der Waals surface area contributed by atoms with Gasteiger partial charge < -0.3 is 14.4 Å². The SMILES string of the molecule is CC(C)(C)OC(=O)N1C[C@@H](CS(=O)(=O)c2ccccc2)[C@H](OCc2ccc(C(F)(F)F)cc2)C1. The number of carbonyl (C=O) groups is 1. The van der Waals surface area contributed by atoms with Crippen LogP contribution in [0.25, 0.3) is 0 Å². The van der Waals surface area contributed by atoms with Crippen LogP contribution in [0.3, 0.4) is 0 Å². The van der Waals surface area contributed by atoms with Gasteiger partial charge in [0.2, 0.25) is 0 Å². The molecule has 1 saturated heterocycles. The fourth-order valence-electron chi connectivity index (χ4n) is 3.66. The topological polar surface area (TPSA) is 72.9 Å². The van der Waals surface area contributed by atoms with Crippen molar-refractivity contribution in [2.75, 3.05) is 18.8 Å². The van der Waals surface area contributed by atoms with Crippen LogP contribution in [-0.2, 0) is 32.1 Å². The van der Waals surface area contributed by atoms with Crippen molar-refractivity contribution in [1.82, 2.24) is 4.90 Å². The Kier molecular flexibility index (Phi) is 7.62. The Bertz CT molecular complexity index is 1080. The lowest BCUT2D eigenvalue weighted by molar-refractivity contribution is -0.137. The van der Waals surface area contributed by atoms with Crippen LogP contribution in [0, 0.1) is 5.92 Å². The summed E-state index contributed by atoms with van der Waals surface area (Å²) in [4.78, 5) is 14.2. The number of nitrogens with zero attached hydrogens (tertiary/aromatic N) is 1. The molecule has 0 N–H and O–H groups in total. The first-order valence-corrected chi connectivity index (χ1v) is 12.4. The van der Waals surface area contributed by atoms with Crippen molar-refractivity contribution in [2.24, 2.45) is 5.92 Å². The van der Waals surface area contributed by atoms with Crippen LogP contribution in [0.2, 0.25) is 0 Å². The van der Waals surface area contributed by atoms with E-state index in [0.717, 1.165) is 12.1 Å². The first-order chi connectivity index (χ1) is 15.7. The van der Waals surface area contributed by atoms with Gasteiger partial charge in [-0.15, -0.1) is 0 Å². The highest BCUT2D eigenvalue weighted by atomic mass is 32.2. The Morgan fingerprint density at radius 3 is 2.18 bits per heavy atom. The molecule has 6 nitrogen and oxygen atoms in total. The summed E-state index contributed by atoms with van der Waals surface area (Å²) in [6, 6.07) is 12.6. The molecule has 0 bridgehead atoms. The van der Waals surface area contributed by atoms with Gasteiger partial charge in [-0.1, -0.05) is 30.3 Å². The molecule has 0 aliphatic carbocycles. The van der Waals surface area contributed by atoms with Crippen molar-refractivity contribution < 1.29 is 35.9 Å². The monoisotopic (exact) mass is 499 g/mol. The average Bonchev–Trinajstić information content (AvgIpc) is 3.13. The van der Waals surface area contributed by atoms with Gasteiger partial charge in [-0.2, -0.15) is 13.2 Å². The molecule has 186 valence electrons. The van der Waals surface area contributed by atoms with Gasteiger partial charge in [0.25, 0.3) is 0 Å². The average molecular weight is 500 g/mol. The maximum Gasteiger partial charge on any atom is 0.416 e. The van der Waals surface area contributed by atoms with E-state index >= 15 is 0 Å². The molecule has 0 radical (unpaired) electrons. The Morgan fingerprint density at radius 1 is 1.00 bits per heavy atom. The summed E-state index contributed by atoms with van der Waals surface area (Å²) in [5.74, 6) is -0.777. The van der Waals surface area contributed by atoms with Crippen molar-refractivity contribution in [3.63, 3.8) is 0 Å². The van der Waals surface area contributed by atoms with Crippen molar-refractivity contribution in [3.05, 3.63) is 65.7 Å². The van der Waals surface area contributed by atoms with Crippen LogP contribution >= 0.6 is 0 Å². The fourth-order valence-corrected chi connectivity index (χ4v) is 5.31. The second kappa shape index (κ2) is 9.95. The summed E-state index contributed by atoms with van der Waals surface area (Å²) in [6.45, 7) is 5.42. The van der Waals surface area contributed by atoms with Gasteiger partial charge in [0.15, 0.2) is 9.84 Å². The molecule has 1 aliphatic rings. The molecular weight excluding hydrogens is 471 g/mol. The molecule has 34 heavy (non-hydrogen) atoms. The number of carbonyl (C=O) groups excluding carboxylic acids is 1. The van der Waals surface area contributed by atoms with E-state index in [4.69, 9.17) is 9.47 Å². The number of hydrogen-bond acceptors (Lipinski definition) is 5. The number of halogens is 3. The van der Waals surface area contributed by atoms with E-state index in [1.807, 2.05) is 0 Å². The fraction of sp³-hybridized carbons (Fsp3) is 0.458. The first-order valence-electron chi connectivity index (χ1n) is 10.8. The van der Waals surface area contributed by atoms with Crippen LogP contribution in [0.15, 0.2) is 59.5 Å². The lowest BCUT2D eigenvalue weighted by atomic mass is 10.1. The highest BCUT2D eigenvalue weighted by Gasteiger charge is 2.40. The lowest BCUT2D eigenvalue weighted by Crippen LogP contribution is -2.36. The molecule has 2 aromatic rings. The summed E-state index contributed by atoms with van der Waals surface area (Å²) < 4.78 is 75.6. The molecule has 10 heteroatoms. The molecule has 1 aliphatic heterocycles. The molecule has 3 rings (SSSR count). The van der Waals surface area contributed by atoms with E-state index in [9.17, 15) is 26.4 Å². The predicted octanol–water partition coefficient (Wildman–Crippen LogP) is 4.93. The highest BCUT2D eigenvalue weighted by molar-refractivity contribution is 7.91. The standard InChI is InChI=1S/C24H28F3NO5S/c1-23(2,3)33-22(29)28-13-18(16-34(30,31)20-7-5-4-6-8-20)21(14-28)32-15-17-9-11-19(12-10-17)24(25,26)27/h4-12,18,21H,13-16H2,1-3H3/t18-,21+/m0/s1. The largest absolute Gasteiger partial charge is 0.444 e. The number of likely N-dealkylation sites (tertiary alicyclic amines) is 1. The molecule has 0 unspecified atom stereocenters. The lowest BCUT2D eigenvalue weighted by Gasteiger charge is -2.24. The minimum absolute atomic E-state index is 0.0210. The van der Waals surface area contributed by atoms with Crippen LogP contribution in [0.4, 0.5) is 18.0 Å². The maximum atomic E-state index is 12.9. The maximum absolute atomic E-state index is 12.9. The molecular formula is C24H28F3NO5S. The second-order valence-corrected chi connectivity index (χ2v) is 11.3. The van der Waals surface area contributed by atoms with Gasteiger partial charge in [-0.3, -0.25) is 0 Å². The third-order valence-corrected chi connectivity index (χ3v) is 7.17. The molecule has 2 aromatic carbocycles. The number of benzene rings is 2. The predicted molar refractivity (Wildman–Crippen MR) is 120 cm³/mol. The minimum Gasteiger partial charge on any atom is -0.444 e. The zero-order valence-electron chi connectivity index (χ0n) is 19.2. The summed E-state index contributed by atoms with van der Waals surface area (Å²) in [7, 11) is -3.65. The zero-order chi connectivity index (χ0) is 25.1. The van der Waals surface area contributed by atoms with E-state index < -0.39 is 45.3 Å². The molecule has 2 atom stereocenters. The summed E-state index contributed by atoms with van der Waals surface area (Å²) in [6.07, 6.45) is -5.64. The van der Waals surface area contributed by atoms with Crippen LogP contribution in [0.5, 0.6) is 0 Å². The van der Waals surface area contributed by atoms with E-state index in [1.54, 1.807) is 39.0 Å². The van der Waals surface area contributed by atoms with E-state index in [2.05, 4.69) is 0 Å². The smallest absolute Gasteiger partial charge is 0.416 e. The number of alkyl halides is 3. The van der Waals surface area contributed by atoms with Gasteiger partial charge in [-0.25, -0.2) is 13.2 Å². The number of rotatable bonds is 6. The Balaban J connectivity index is 1.74. The highest BCUT2D eigenvalue weighted by Crippen LogP contribution is 2.30. The molecule has 0 spiro atoms. The molecule has 0 saturated carbocycles. The summed E-state index contributed by atoms with van der Waals surface area (Å²) in [5, 5.41) is 0. The van der Waals surface area contributed by atoms with Crippen molar-refractivity contribution in [1.29, 1.82) is 0 Å². The molecule has 0 aromatic heterocycles. The van der Waals surface area contributed by atoms with Gasteiger partial charge in [-0.05, 0) is 50.6 Å². The normalized spacial score (nSPS) is 19.3. The second-order valence-electron chi connectivity index (χ2n) is 9.28. The third-order valence-electron chi connectivity index (χ3n) is 5.31. The number of sulfone groups is 1. The van der Waals surface area contributed by atoms with Crippen LogP contribution in [-0.4, -0.2) is 50.0 Å². The van der Waals surface area contributed by atoms with Crippen molar-refractivity contribution in [3.8, 4) is 0 Å². The minimum atomic E-state index is -4.43. The molecule has 1 fully saturated rings. The summed E-state index contributed by atoms with van der Waals surface area (Å²) in [5.41, 5.74) is -0.976. The Hall–Kier alpha value is -2.59. The van der Waals surface area contributed by atoms with Crippen LogP contribution < -0.4 is 0 Å². The van der Waals surface area contributed by atoms with E-state index in [1.165, 1.54) is 29.2 Å². The van der Waals surface area contributed by atoms with Gasteiger partial charge in [0.05, 0.1) is 35.5 Å². The quantitative estimate of drug-likeness (QED) is 0.564. The zero-order valence-corrected chi connectivity index (χ0v) is 20.0.